The Morgan fingerprint density at radius 2 is 2.22 bits per heavy atom. The van der Waals surface area contributed by atoms with Crippen molar-refractivity contribution in [1.82, 2.24) is 9.78 Å². The van der Waals surface area contributed by atoms with Crippen LogP contribution in [0.1, 0.15) is 12.0 Å². The van der Waals surface area contributed by atoms with E-state index in [4.69, 9.17) is 5.11 Å². The lowest BCUT2D eigenvalue weighted by molar-refractivity contribution is -0.137. The number of nitrogens with zero attached hydrogens (tertiary/aromatic N) is 2. The fraction of sp³-hybridized carbons (Fsp3) is 0.231. The van der Waals surface area contributed by atoms with Crippen molar-refractivity contribution in [1.29, 1.82) is 0 Å². The van der Waals surface area contributed by atoms with Gasteiger partial charge in [0, 0.05) is 16.2 Å². The lowest BCUT2D eigenvalue weighted by atomic mass is 10.1. The minimum absolute atomic E-state index is 0.0821. The van der Waals surface area contributed by atoms with Gasteiger partial charge in [-0.1, -0.05) is 28.1 Å². The quantitative estimate of drug-likeness (QED) is 0.944. The number of carboxylic acid groups (broad SMARTS) is 1. The largest absolute Gasteiger partial charge is 0.481 e. The number of rotatable bonds is 4. The molecule has 0 amide bonds. The first-order valence-corrected chi connectivity index (χ1v) is 6.36. The SMILES string of the molecule is Cc1ccc(-c2cnn(CCC(=O)O)c2)cc1Br. The van der Waals surface area contributed by atoms with Gasteiger partial charge < -0.3 is 5.11 Å². The Bertz CT molecular complexity index is 578. The third-order valence-electron chi connectivity index (χ3n) is 2.69. The number of aromatic nitrogens is 2. The molecule has 1 aromatic carbocycles. The zero-order chi connectivity index (χ0) is 13.1. The van der Waals surface area contributed by atoms with E-state index >= 15 is 0 Å². The maximum atomic E-state index is 10.5. The summed E-state index contributed by atoms with van der Waals surface area (Å²) in [5, 5.41) is 12.8. The number of aryl methyl sites for hydroxylation is 2. The Balaban J connectivity index is 2.18. The predicted molar refractivity (Wildman–Crippen MR) is 72.4 cm³/mol. The molecule has 0 aliphatic carbocycles. The van der Waals surface area contributed by atoms with Gasteiger partial charge in [-0.15, -0.1) is 0 Å². The van der Waals surface area contributed by atoms with Gasteiger partial charge in [-0.25, -0.2) is 0 Å². The van der Waals surface area contributed by atoms with Crippen molar-refractivity contribution in [2.45, 2.75) is 19.9 Å². The van der Waals surface area contributed by atoms with Gasteiger partial charge in [-0.3, -0.25) is 9.48 Å². The standard InChI is InChI=1S/C13H13BrN2O2/c1-9-2-3-10(6-12(9)14)11-7-15-16(8-11)5-4-13(17)18/h2-3,6-8H,4-5H2,1H3,(H,17,18). The number of hydrogen-bond acceptors (Lipinski definition) is 2. The van der Waals surface area contributed by atoms with Crippen molar-refractivity contribution >= 4 is 21.9 Å². The Morgan fingerprint density at radius 1 is 1.44 bits per heavy atom. The summed E-state index contributed by atoms with van der Waals surface area (Å²) in [6, 6.07) is 6.10. The fourth-order valence-electron chi connectivity index (χ4n) is 1.62. The molecular weight excluding hydrogens is 296 g/mol. The average Bonchev–Trinajstić information content (AvgIpc) is 2.79. The molecule has 0 atom stereocenters. The molecule has 1 N–H and O–H groups in total. The number of aliphatic carboxylic acids is 1. The highest BCUT2D eigenvalue weighted by molar-refractivity contribution is 9.10. The molecule has 0 aliphatic rings. The molecule has 4 nitrogen and oxygen atoms in total. The maximum absolute atomic E-state index is 10.5. The average molecular weight is 309 g/mol. The van der Waals surface area contributed by atoms with Crippen molar-refractivity contribution in [3.63, 3.8) is 0 Å². The molecule has 0 spiro atoms. The van der Waals surface area contributed by atoms with Gasteiger partial charge in [-0.2, -0.15) is 5.10 Å². The Hall–Kier alpha value is -1.62. The normalized spacial score (nSPS) is 10.6. The summed E-state index contributed by atoms with van der Waals surface area (Å²) in [5.41, 5.74) is 3.23. The van der Waals surface area contributed by atoms with Crippen molar-refractivity contribution in [2.24, 2.45) is 0 Å². The van der Waals surface area contributed by atoms with Gasteiger partial charge in [-0.05, 0) is 24.1 Å². The Morgan fingerprint density at radius 3 is 2.89 bits per heavy atom. The molecular formula is C13H13BrN2O2. The topological polar surface area (TPSA) is 55.1 Å². The minimum Gasteiger partial charge on any atom is -0.481 e. The van der Waals surface area contributed by atoms with Crippen molar-refractivity contribution in [2.75, 3.05) is 0 Å². The molecule has 0 fully saturated rings. The molecule has 1 aromatic heterocycles. The first-order chi connectivity index (χ1) is 8.56. The van der Waals surface area contributed by atoms with Crippen LogP contribution in [0.5, 0.6) is 0 Å². The van der Waals surface area contributed by atoms with Gasteiger partial charge in [0.15, 0.2) is 0 Å². The molecule has 2 aromatic rings. The van der Waals surface area contributed by atoms with Crippen LogP contribution in [0.2, 0.25) is 0 Å². The van der Waals surface area contributed by atoms with Crippen molar-refractivity contribution in [3.8, 4) is 11.1 Å². The summed E-state index contributed by atoms with van der Waals surface area (Å²) in [6.07, 6.45) is 3.69. The highest BCUT2D eigenvalue weighted by atomic mass is 79.9. The molecule has 0 saturated carbocycles. The van der Waals surface area contributed by atoms with E-state index in [-0.39, 0.29) is 6.42 Å². The molecule has 2 rings (SSSR count). The number of carbonyl (C=O) groups is 1. The third kappa shape index (κ3) is 2.98. The van der Waals surface area contributed by atoms with Crippen LogP contribution in [0.25, 0.3) is 11.1 Å². The minimum atomic E-state index is -0.815. The summed E-state index contributed by atoms with van der Waals surface area (Å²) in [4.78, 5) is 10.5. The van der Waals surface area contributed by atoms with Gasteiger partial charge in [0.25, 0.3) is 0 Å². The third-order valence-corrected chi connectivity index (χ3v) is 3.55. The molecule has 18 heavy (non-hydrogen) atoms. The molecule has 0 aliphatic heterocycles. The van der Waals surface area contributed by atoms with Crippen LogP contribution in [0.15, 0.2) is 35.1 Å². The van der Waals surface area contributed by atoms with Crippen LogP contribution >= 0.6 is 15.9 Å². The van der Waals surface area contributed by atoms with Crippen LogP contribution in [0, 0.1) is 6.92 Å². The second-order valence-corrected chi connectivity index (χ2v) is 4.95. The number of halogens is 1. The molecule has 0 bridgehead atoms. The van der Waals surface area contributed by atoms with Gasteiger partial charge in [0.1, 0.15) is 0 Å². The van der Waals surface area contributed by atoms with E-state index in [1.807, 2.05) is 31.3 Å². The first-order valence-electron chi connectivity index (χ1n) is 5.57. The summed E-state index contributed by atoms with van der Waals surface area (Å²) in [6.45, 7) is 2.42. The Labute approximate surface area is 113 Å². The lowest BCUT2D eigenvalue weighted by Gasteiger charge is -2.01. The number of carboxylic acids is 1. The van der Waals surface area contributed by atoms with E-state index in [1.165, 1.54) is 5.56 Å². The second kappa shape index (κ2) is 5.35. The highest BCUT2D eigenvalue weighted by Crippen LogP contribution is 2.25. The maximum Gasteiger partial charge on any atom is 0.305 e. The van der Waals surface area contributed by atoms with E-state index in [0.29, 0.717) is 6.54 Å². The van der Waals surface area contributed by atoms with Crippen LogP contribution in [-0.2, 0) is 11.3 Å². The number of hydrogen-bond donors (Lipinski definition) is 1. The summed E-state index contributed by atoms with van der Waals surface area (Å²) < 4.78 is 2.70. The first kappa shape index (κ1) is 12.8. The molecule has 0 saturated heterocycles. The van der Waals surface area contributed by atoms with Gasteiger partial charge in [0.05, 0.1) is 19.2 Å². The Kier molecular flexibility index (Phi) is 3.81. The smallest absolute Gasteiger partial charge is 0.305 e. The van der Waals surface area contributed by atoms with E-state index in [0.717, 1.165) is 15.6 Å². The van der Waals surface area contributed by atoms with Gasteiger partial charge in [0.2, 0.25) is 0 Å². The zero-order valence-corrected chi connectivity index (χ0v) is 11.5. The van der Waals surface area contributed by atoms with E-state index in [2.05, 4.69) is 21.0 Å². The molecule has 94 valence electrons. The molecule has 1 heterocycles. The van der Waals surface area contributed by atoms with E-state index in [9.17, 15) is 4.79 Å². The van der Waals surface area contributed by atoms with Crippen LogP contribution in [-0.4, -0.2) is 20.9 Å². The molecule has 0 radical (unpaired) electrons. The monoisotopic (exact) mass is 308 g/mol. The lowest BCUT2D eigenvalue weighted by Crippen LogP contribution is -2.04. The van der Waals surface area contributed by atoms with Crippen LogP contribution < -0.4 is 0 Å². The predicted octanol–water partition coefficient (Wildman–Crippen LogP) is 3.10. The fourth-order valence-corrected chi connectivity index (χ4v) is 2.00. The van der Waals surface area contributed by atoms with Crippen LogP contribution in [0.3, 0.4) is 0 Å². The molecule has 5 heteroatoms. The zero-order valence-electron chi connectivity index (χ0n) is 9.93. The summed E-state index contributed by atoms with van der Waals surface area (Å²) in [5.74, 6) is -0.815. The molecule has 0 unspecified atom stereocenters. The van der Waals surface area contributed by atoms with E-state index < -0.39 is 5.97 Å². The van der Waals surface area contributed by atoms with Gasteiger partial charge >= 0.3 is 5.97 Å². The summed E-state index contributed by atoms with van der Waals surface area (Å²) in [7, 11) is 0. The number of benzene rings is 1. The highest BCUT2D eigenvalue weighted by Gasteiger charge is 2.05. The van der Waals surface area contributed by atoms with Crippen molar-refractivity contribution < 1.29 is 9.90 Å². The van der Waals surface area contributed by atoms with Crippen molar-refractivity contribution in [3.05, 3.63) is 40.6 Å². The van der Waals surface area contributed by atoms with Crippen LogP contribution in [0.4, 0.5) is 0 Å². The second-order valence-electron chi connectivity index (χ2n) is 4.10. The van der Waals surface area contributed by atoms with E-state index in [1.54, 1.807) is 10.9 Å². The summed E-state index contributed by atoms with van der Waals surface area (Å²) >= 11 is 3.50.